The highest BCUT2D eigenvalue weighted by Gasteiger charge is 2.19. The molecule has 0 aliphatic rings. The lowest BCUT2D eigenvalue weighted by Crippen LogP contribution is -2.40. The van der Waals surface area contributed by atoms with Gasteiger partial charge in [-0.3, -0.25) is 0 Å². The van der Waals surface area contributed by atoms with E-state index in [1.54, 1.807) is 24.5 Å². The fourth-order valence-corrected chi connectivity index (χ4v) is 2.85. The van der Waals surface area contributed by atoms with Gasteiger partial charge in [-0.1, -0.05) is 49.3 Å². The Bertz CT molecular complexity index is 860. The van der Waals surface area contributed by atoms with Crippen LogP contribution in [0.5, 0.6) is 0 Å². The van der Waals surface area contributed by atoms with Crippen molar-refractivity contribution in [2.45, 2.75) is 39.4 Å². The van der Waals surface area contributed by atoms with Crippen molar-refractivity contribution in [3.8, 4) is 0 Å². The Hall–Kier alpha value is -3.16. The molecular weight excluding hydrogens is 356 g/mol. The van der Waals surface area contributed by atoms with Gasteiger partial charge in [0.15, 0.2) is 5.82 Å². The lowest BCUT2D eigenvalue weighted by atomic mass is 10.1. The number of carbonyl (C=O) groups is 1. The van der Waals surface area contributed by atoms with Crippen molar-refractivity contribution in [2.24, 2.45) is 5.92 Å². The predicted molar refractivity (Wildman–Crippen MR) is 104 cm³/mol. The average Bonchev–Trinajstić information content (AvgIpc) is 3.33. The number of nitrogens with one attached hydrogen (secondary N) is 1. The Kier molecular flexibility index (Phi) is 6.41. The zero-order chi connectivity index (χ0) is 19.9. The fourth-order valence-electron chi connectivity index (χ4n) is 2.85. The molecule has 0 saturated carbocycles. The van der Waals surface area contributed by atoms with Gasteiger partial charge in [0, 0.05) is 32.4 Å². The Morgan fingerprint density at radius 3 is 2.75 bits per heavy atom. The van der Waals surface area contributed by atoms with E-state index in [0.29, 0.717) is 24.2 Å². The minimum Gasteiger partial charge on any atom is -0.339 e. The van der Waals surface area contributed by atoms with Crippen molar-refractivity contribution in [1.82, 2.24) is 29.9 Å². The Morgan fingerprint density at radius 1 is 1.29 bits per heavy atom. The van der Waals surface area contributed by atoms with Crippen LogP contribution in [-0.4, -0.2) is 37.7 Å². The van der Waals surface area contributed by atoms with Crippen LogP contribution in [0.25, 0.3) is 0 Å². The highest BCUT2D eigenvalue weighted by Crippen LogP contribution is 2.16. The van der Waals surface area contributed by atoms with Gasteiger partial charge in [0.05, 0.1) is 18.9 Å². The summed E-state index contributed by atoms with van der Waals surface area (Å²) in [6, 6.07) is 9.48. The molecule has 8 heteroatoms. The Balaban J connectivity index is 1.64. The molecular formula is C20H26N6O2. The summed E-state index contributed by atoms with van der Waals surface area (Å²) < 4.78 is 7.19. The lowest BCUT2D eigenvalue weighted by Gasteiger charge is -2.23. The van der Waals surface area contributed by atoms with E-state index >= 15 is 0 Å². The first kappa shape index (κ1) is 19.6. The van der Waals surface area contributed by atoms with E-state index in [-0.39, 0.29) is 18.6 Å². The van der Waals surface area contributed by atoms with Crippen molar-refractivity contribution in [3.05, 3.63) is 66.3 Å². The first-order chi connectivity index (χ1) is 13.5. The molecule has 3 aromatic rings. The maximum absolute atomic E-state index is 12.7. The number of carbonyl (C=O) groups excluding carboxylic acids is 1. The number of hydrogen-bond acceptors (Lipinski definition) is 5. The third-order valence-electron chi connectivity index (χ3n) is 4.27. The van der Waals surface area contributed by atoms with E-state index in [1.165, 1.54) is 0 Å². The van der Waals surface area contributed by atoms with Crippen molar-refractivity contribution >= 4 is 6.03 Å². The van der Waals surface area contributed by atoms with Crippen molar-refractivity contribution in [2.75, 3.05) is 7.05 Å². The van der Waals surface area contributed by atoms with Crippen molar-refractivity contribution < 1.29 is 9.32 Å². The van der Waals surface area contributed by atoms with Crippen molar-refractivity contribution in [3.63, 3.8) is 0 Å². The van der Waals surface area contributed by atoms with Crippen LogP contribution in [0.2, 0.25) is 0 Å². The standard InChI is InChI=1S/C20H26N6O2/c1-15(2)11-19-23-18(24-28-19)13-25(3)20(27)22-17(12-26-10-9-21-14-26)16-7-5-4-6-8-16/h4-10,14-15,17H,11-13H2,1-3H3,(H,22,27). The summed E-state index contributed by atoms with van der Waals surface area (Å²) in [6.07, 6.45) is 6.06. The molecule has 28 heavy (non-hydrogen) atoms. The highest BCUT2D eigenvalue weighted by atomic mass is 16.5. The normalized spacial score (nSPS) is 12.1. The second-order valence-corrected chi connectivity index (χ2v) is 7.23. The molecule has 2 amide bonds. The molecule has 0 radical (unpaired) electrons. The maximum Gasteiger partial charge on any atom is 0.318 e. The maximum atomic E-state index is 12.7. The molecule has 0 saturated heterocycles. The zero-order valence-corrected chi connectivity index (χ0v) is 16.4. The van der Waals surface area contributed by atoms with E-state index < -0.39 is 0 Å². The quantitative estimate of drug-likeness (QED) is 0.647. The minimum atomic E-state index is -0.204. The highest BCUT2D eigenvalue weighted by molar-refractivity contribution is 5.74. The van der Waals surface area contributed by atoms with Crippen molar-refractivity contribution in [1.29, 1.82) is 0 Å². The molecule has 0 aliphatic heterocycles. The average molecular weight is 382 g/mol. The van der Waals surface area contributed by atoms with Crippen LogP contribution in [0.15, 0.2) is 53.6 Å². The summed E-state index contributed by atoms with van der Waals surface area (Å²) in [5.74, 6) is 1.53. The smallest absolute Gasteiger partial charge is 0.318 e. The lowest BCUT2D eigenvalue weighted by molar-refractivity contribution is 0.199. The molecule has 0 bridgehead atoms. The molecule has 148 valence electrons. The number of urea groups is 1. The van der Waals surface area contributed by atoms with E-state index in [1.807, 2.05) is 41.1 Å². The van der Waals surface area contributed by atoms with Gasteiger partial charge < -0.3 is 19.3 Å². The van der Waals surface area contributed by atoms with Gasteiger partial charge in [-0.15, -0.1) is 0 Å². The third kappa shape index (κ3) is 5.42. The molecule has 1 N–H and O–H groups in total. The molecule has 1 atom stereocenters. The first-order valence-electron chi connectivity index (χ1n) is 9.35. The van der Waals surface area contributed by atoms with Gasteiger partial charge in [0.25, 0.3) is 0 Å². The summed E-state index contributed by atoms with van der Waals surface area (Å²) >= 11 is 0. The van der Waals surface area contributed by atoms with Crippen LogP contribution in [0, 0.1) is 5.92 Å². The topological polar surface area (TPSA) is 89.1 Å². The van der Waals surface area contributed by atoms with Crippen LogP contribution in [0.3, 0.4) is 0 Å². The Morgan fingerprint density at radius 2 is 2.07 bits per heavy atom. The van der Waals surface area contributed by atoms with Gasteiger partial charge in [-0.05, 0) is 11.5 Å². The van der Waals surface area contributed by atoms with Gasteiger partial charge in [-0.25, -0.2) is 9.78 Å². The number of benzene rings is 1. The largest absolute Gasteiger partial charge is 0.339 e. The summed E-state index contributed by atoms with van der Waals surface area (Å²) in [4.78, 5) is 22.7. The van der Waals surface area contributed by atoms with Crippen LogP contribution in [0.4, 0.5) is 4.79 Å². The van der Waals surface area contributed by atoms with E-state index in [0.717, 1.165) is 12.0 Å². The monoisotopic (exact) mass is 382 g/mol. The molecule has 1 unspecified atom stereocenters. The minimum absolute atomic E-state index is 0.188. The van der Waals surface area contributed by atoms with Crippen LogP contribution in [-0.2, 0) is 19.5 Å². The van der Waals surface area contributed by atoms with Gasteiger partial charge in [-0.2, -0.15) is 4.98 Å². The van der Waals surface area contributed by atoms with E-state index in [4.69, 9.17) is 4.52 Å². The van der Waals surface area contributed by atoms with E-state index in [9.17, 15) is 4.79 Å². The van der Waals surface area contributed by atoms with Gasteiger partial charge in [0.2, 0.25) is 5.89 Å². The summed E-state index contributed by atoms with van der Waals surface area (Å²) in [5, 5.41) is 7.05. The molecule has 0 aliphatic carbocycles. The van der Waals surface area contributed by atoms with Crippen LogP contribution >= 0.6 is 0 Å². The molecule has 2 aromatic heterocycles. The molecule has 0 spiro atoms. The molecule has 8 nitrogen and oxygen atoms in total. The molecule has 0 fully saturated rings. The zero-order valence-electron chi connectivity index (χ0n) is 16.4. The number of amides is 2. The number of hydrogen-bond donors (Lipinski definition) is 1. The molecule has 3 rings (SSSR count). The number of rotatable bonds is 8. The molecule has 2 heterocycles. The number of imidazole rings is 1. The predicted octanol–water partition coefficient (Wildman–Crippen LogP) is 3.05. The fraction of sp³-hybridized carbons (Fsp3) is 0.400. The van der Waals surface area contributed by atoms with Gasteiger partial charge >= 0.3 is 6.03 Å². The second-order valence-electron chi connectivity index (χ2n) is 7.23. The number of aromatic nitrogens is 4. The Labute approximate surface area is 164 Å². The first-order valence-corrected chi connectivity index (χ1v) is 9.35. The summed E-state index contributed by atoms with van der Waals surface area (Å²) in [6.45, 7) is 5.05. The third-order valence-corrected chi connectivity index (χ3v) is 4.27. The summed E-state index contributed by atoms with van der Waals surface area (Å²) in [7, 11) is 1.72. The summed E-state index contributed by atoms with van der Waals surface area (Å²) in [5.41, 5.74) is 1.02. The molecule has 1 aromatic carbocycles. The number of nitrogens with zero attached hydrogens (tertiary/aromatic N) is 5. The van der Waals surface area contributed by atoms with Gasteiger partial charge in [0.1, 0.15) is 0 Å². The van der Waals surface area contributed by atoms with Crippen LogP contribution in [0.1, 0.15) is 37.2 Å². The van der Waals surface area contributed by atoms with E-state index in [2.05, 4.69) is 34.3 Å². The van der Waals surface area contributed by atoms with Crippen LogP contribution < -0.4 is 5.32 Å². The SMILES string of the molecule is CC(C)Cc1nc(CN(C)C(=O)NC(Cn2ccnc2)c2ccccc2)no1. The second kappa shape index (κ2) is 9.16.